The summed E-state index contributed by atoms with van der Waals surface area (Å²) in [5.41, 5.74) is 0.927. The third-order valence-electron chi connectivity index (χ3n) is 2.50. The minimum Gasteiger partial charge on any atom is -0.459 e. The number of amides is 1. The van der Waals surface area contributed by atoms with Crippen molar-refractivity contribution >= 4 is 11.9 Å². The van der Waals surface area contributed by atoms with Crippen LogP contribution in [0.15, 0.2) is 30.3 Å². The van der Waals surface area contributed by atoms with Gasteiger partial charge in [0.2, 0.25) is 5.91 Å². The van der Waals surface area contributed by atoms with Crippen LogP contribution in [-0.2, 0) is 20.9 Å². The van der Waals surface area contributed by atoms with Crippen LogP contribution in [0, 0.1) is 5.92 Å². The smallest absolute Gasteiger partial charge is 0.329 e. The molecule has 1 aromatic rings. The summed E-state index contributed by atoms with van der Waals surface area (Å²) in [7, 11) is 0. The molecule has 4 nitrogen and oxygen atoms in total. The molecule has 0 fully saturated rings. The van der Waals surface area contributed by atoms with Crippen LogP contribution in [0.1, 0.15) is 26.3 Å². The Morgan fingerprint density at radius 1 is 1.22 bits per heavy atom. The van der Waals surface area contributed by atoms with E-state index in [0.717, 1.165) is 5.56 Å². The summed E-state index contributed by atoms with van der Waals surface area (Å²) >= 11 is 0. The van der Waals surface area contributed by atoms with Gasteiger partial charge in [0.15, 0.2) is 0 Å². The van der Waals surface area contributed by atoms with Crippen LogP contribution < -0.4 is 5.32 Å². The van der Waals surface area contributed by atoms with Gasteiger partial charge in [0.25, 0.3) is 0 Å². The molecule has 1 aromatic carbocycles. The Morgan fingerprint density at radius 3 is 2.33 bits per heavy atom. The Kier molecular flexibility index (Phi) is 5.36. The molecule has 0 spiro atoms. The van der Waals surface area contributed by atoms with E-state index in [1.54, 1.807) is 0 Å². The molecule has 0 aliphatic carbocycles. The Balaban J connectivity index is 2.54. The van der Waals surface area contributed by atoms with Crippen LogP contribution in [0.25, 0.3) is 0 Å². The molecule has 0 radical (unpaired) electrons. The highest BCUT2D eigenvalue weighted by molar-refractivity contribution is 5.83. The van der Waals surface area contributed by atoms with Crippen molar-refractivity contribution in [3.8, 4) is 0 Å². The standard InChI is InChI=1S/C14H19NO3/c1-10(2)13(15-11(3)16)14(17)18-9-12-7-5-4-6-8-12/h4-8,10,13H,9H2,1-3H3,(H,15,16). The Labute approximate surface area is 107 Å². The zero-order chi connectivity index (χ0) is 13.5. The van der Waals surface area contributed by atoms with Gasteiger partial charge in [0, 0.05) is 6.92 Å². The quantitative estimate of drug-likeness (QED) is 0.811. The van der Waals surface area contributed by atoms with E-state index in [2.05, 4.69) is 5.32 Å². The number of hydrogen-bond acceptors (Lipinski definition) is 3. The number of benzene rings is 1. The molecule has 18 heavy (non-hydrogen) atoms. The van der Waals surface area contributed by atoms with E-state index in [4.69, 9.17) is 4.74 Å². The van der Waals surface area contributed by atoms with Crippen molar-refractivity contribution in [3.63, 3.8) is 0 Å². The van der Waals surface area contributed by atoms with E-state index < -0.39 is 12.0 Å². The first kappa shape index (κ1) is 14.2. The van der Waals surface area contributed by atoms with Gasteiger partial charge in [0.1, 0.15) is 12.6 Å². The second-order valence-corrected chi connectivity index (χ2v) is 4.52. The Hall–Kier alpha value is -1.84. The lowest BCUT2D eigenvalue weighted by Crippen LogP contribution is -2.44. The van der Waals surface area contributed by atoms with Gasteiger partial charge < -0.3 is 10.1 Å². The van der Waals surface area contributed by atoms with Gasteiger partial charge in [-0.3, -0.25) is 4.79 Å². The van der Waals surface area contributed by atoms with E-state index in [-0.39, 0.29) is 18.4 Å². The summed E-state index contributed by atoms with van der Waals surface area (Å²) in [6.07, 6.45) is 0. The molecule has 0 aliphatic heterocycles. The van der Waals surface area contributed by atoms with E-state index in [1.807, 2.05) is 44.2 Å². The van der Waals surface area contributed by atoms with E-state index in [9.17, 15) is 9.59 Å². The highest BCUT2D eigenvalue weighted by atomic mass is 16.5. The normalized spacial score (nSPS) is 12.0. The lowest BCUT2D eigenvalue weighted by atomic mass is 10.0. The van der Waals surface area contributed by atoms with Gasteiger partial charge in [-0.1, -0.05) is 44.2 Å². The van der Waals surface area contributed by atoms with E-state index >= 15 is 0 Å². The van der Waals surface area contributed by atoms with Crippen LogP contribution in [0.4, 0.5) is 0 Å². The van der Waals surface area contributed by atoms with Gasteiger partial charge in [-0.05, 0) is 11.5 Å². The van der Waals surface area contributed by atoms with Crippen molar-refractivity contribution in [1.82, 2.24) is 5.32 Å². The summed E-state index contributed by atoms with van der Waals surface area (Å²) in [5.74, 6) is -0.633. The van der Waals surface area contributed by atoms with Crippen LogP contribution in [-0.4, -0.2) is 17.9 Å². The van der Waals surface area contributed by atoms with Crippen LogP contribution in [0.3, 0.4) is 0 Å². The first-order valence-electron chi connectivity index (χ1n) is 5.98. The fraction of sp³-hybridized carbons (Fsp3) is 0.429. The summed E-state index contributed by atoms with van der Waals surface area (Å²) in [4.78, 5) is 22.9. The minimum absolute atomic E-state index is 0.00262. The molecule has 0 bridgehead atoms. The average Bonchev–Trinajstić information content (AvgIpc) is 2.34. The number of carbonyl (C=O) groups is 2. The Bertz CT molecular complexity index is 401. The maximum absolute atomic E-state index is 11.9. The van der Waals surface area contributed by atoms with Crippen molar-refractivity contribution in [2.75, 3.05) is 0 Å². The predicted octanol–water partition coefficient (Wildman–Crippen LogP) is 1.89. The zero-order valence-corrected chi connectivity index (χ0v) is 11.0. The first-order chi connectivity index (χ1) is 8.50. The van der Waals surface area contributed by atoms with Crippen molar-refractivity contribution in [2.45, 2.75) is 33.4 Å². The van der Waals surface area contributed by atoms with Crippen LogP contribution in [0.2, 0.25) is 0 Å². The third-order valence-corrected chi connectivity index (χ3v) is 2.50. The van der Waals surface area contributed by atoms with Gasteiger partial charge in [-0.25, -0.2) is 4.79 Å². The number of esters is 1. The molecule has 98 valence electrons. The monoisotopic (exact) mass is 249 g/mol. The maximum atomic E-state index is 11.9. The molecule has 0 heterocycles. The number of carbonyl (C=O) groups excluding carboxylic acids is 2. The summed E-state index contributed by atoms with van der Waals surface area (Å²) < 4.78 is 5.20. The van der Waals surface area contributed by atoms with E-state index in [0.29, 0.717) is 0 Å². The van der Waals surface area contributed by atoms with Gasteiger partial charge >= 0.3 is 5.97 Å². The predicted molar refractivity (Wildman–Crippen MR) is 68.7 cm³/mol. The van der Waals surface area contributed by atoms with Crippen molar-refractivity contribution in [1.29, 1.82) is 0 Å². The molecule has 0 saturated heterocycles. The maximum Gasteiger partial charge on any atom is 0.329 e. The van der Waals surface area contributed by atoms with Crippen LogP contribution in [0.5, 0.6) is 0 Å². The lowest BCUT2D eigenvalue weighted by Gasteiger charge is -2.19. The van der Waals surface area contributed by atoms with Crippen LogP contribution >= 0.6 is 0 Å². The number of rotatable bonds is 5. The molecule has 0 aliphatic rings. The molecule has 1 unspecified atom stereocenters. The van der Waals surface area contributed by atoms with E-state index in [1.165, 1.54) is 6.92 Å². The average molecular weight is 249 g/mol. The molecule has 1 amide bonds. The fourth-order valence-electron chi connectivity index (χ4n) is 1.54. The SMILES string of the molecule is CC(=O)NC(C(=O)OCc1ccccc1)C(C)C. The van der Waals surface area contributed by atoms with Crippen molar-refractivity contribution in [2.24, 2.45) is 5.92 Å². The highest BCUT2D eigenvalue weighted by Crippen LogP contribution is 2.07. The lowest BCUT2D eigenvalue weighted by molar-refractivity contribution is -0.150. The summed E-state index contributed by atoms with van der Waals surface area (Å²) in [5, 5.41) is 2.60. The van der Waals surface area contributed by atoms with Crippen molar-refractivity contribution < 1.29 is 14.3 Å². The molecular weight excluding hydrogens is 230 g/mol. The molecular formula is C14H19NO3. The van der Waals surface area contributed by atoms with Gasteiger partial charge in [-0.15, -0.1) is 0 Å². The molecule has 1 atom stereocenters. The number of ether oxygens (including phenoxy) is 1. The molecule has 1 rings (SSSR count). The second-order valence-electron chi connectivity index (χ2n) is 4.52. The van der Waals surface area contributed by atoms with Gasteiger partial charge in [0.05, 0.1) is 0 Å². The first-order valence-corrected chi connectivity index (χ1v) is 5.98. The van der Waals surface area contributed by atoms with Crippen molar-refractivity contribution in [3.05, 3.63) is 35.9 Å². The number of nitrogens with one attached hydrogen (secondary N) is 1. The summed E-state index contributed by atoms with van der Waals surface area (Å²) in [6, 6.07) is 8.85. The van der Waals surface area contributed by atoms with Gasteiger partial charge in [-0.2, -0.15) is 0 Å². The Morgan fingerprint density at radius 2 is 1.83 bits per heavy atom. The fourth-order valence-corrected chi connectivity index (χ4v) is 1.54. The third kappa shape index (κ3) is 4.57. The summed E-state index contributed by atoms with van der Waals surface area (Å²) in [6.45, 7) is 5.34. The molecule has 1 N–H and O–H groups in total. The number of hydrogen-bond donors (Lipinski definition) is 1. The molecule has 4 heteroatoms. The topological polar surface area (TPSA) is 55.4 Å². The minimum atomic E-state index is -0.591. The molecule has 0 saturated carbocycles. The highest BCUT2D eigenvalue weighted by Gasteiger charge is 2.24. The largest absolute Gasteiger partial charge is 0.459 e. The second kappa shape index (κ2) is 6.79. The zero-order valence-electron chi connectivity index (χ0n) is 11.0. The molecule has 0 aromatic heterocycles.